The van der Waals surface area contributed by atoms with Crippen molar-refractivity contribution in [1.82, 2.24) is 9.97 Å². The standard InChI is InChI=1S/C11H12N2O2.C6H8O3.C5H6N2O/c1-8-9(4-6-14)7-13-5-2-3-10(15)11(13)12-8;1-4(7)5-2-3-9-6(5)8;6-5-4(8)2-1-3-7-5/h2-3,5,7,14H,4,6H2,1H3;5H,2-3H2,1H3;1-3,8H,(H2,6,7)/p+1. The number of nitrogen functional groups attached to an aromatic ring is 1. The highest BCUT2D eigenvalue weighted by Crippen LogP contribution is 2.15. The number of ether oxygens (including phenoxy) is 1. The number of anilines is 1. The average Bonchev–Trinajstić information content (AvgIpc) is 3.19. The zero-order valence-corrected chi connectivity index (χ0v) is 17.9. The fourth-order valence-electron chi connectivity index (χ4n) is 2.86. The van der Waals surface area contributed by atoms with Gasteiger partial charge in [0.25, 0.3) is 0 Å². The molecule has 3 aromatic heterocycles. The van der Waals surface area contributed by atoms with E-state index in [9.17, 15) is 14.7 Å². The molecule has 3 aromatic rings. The highest BCUT2D eigenvalue weighted by Gasteiger charge is 2.29. The van der Waals surface area contributed by atoms with Crippen molar-refractivity contribution in [1.29, 1.82) is 0 Å². The van der Waals surface area contributed by atoms with E-state index >= 15 is 0 Å². The van der Waals surface area contributed by atoms with Gasteiger partial charge in [0.05, 0.1) is 12.8 Å². The van der Waals surface area contributed by atoms with Gasteiger partial charge in [-0.05, 0) is 36.2 Å². The van der Waals surface area contributed by atoms with Gasteiger partial charge in [0.2, 0.25) is 5.75 Å². The molecular formula is C22H27N4O6+. The van der Waals surface area contributed by atoms with Gasteiger partial charge in [0.1, 0.15) is 17.9 Å². The van der Waals surface area contributed by atoms with Crippen molar-refractivity contribution < 1.29 is 34.0 Å². The van der Waals surface area contributed by atoms with Crippen LogP contribution < -0.4 is 10.1 Å². The molecule has 0 radical (unpaired) electrons. The smallest absolute Gasteiger partial charge is 0.370 e. The van der Waals surface area contributed by atoms with Crippen molar-refractivity contribution in [2.75, 3.05) is 18.9 Å². The Hall–Kier alpha value is -3.79. The number of hydrogen-bond donors (Lipinski definition) is 4. The molecule has 4 heterocycles. The lowest BCUT2D eigenvalue weighted by atomic mass is 10.1. The van der Waals surface area contributed by atoms with Crippen LogP contribution in [0.5, 0.6) is 11.5 Å². The molecule has 0 saturated carbocycles. The summed E-state index contributed by atoms with van der Waals surface area (Å²) in [6.07, 6.45) is 6.37. The Labute approximate surface area is 185 Å². The summed E-state index contributed by atoms with van der Waals surface area (Å²) in [5.41, 5.74) is 7.52. The molecule has 0 spiro atoms. The summed E-state index contributed by atoms with van der Waals surface area (Å²) in [6, 6.07) is 6.46. The van der Waals surface area contributed by atoms with Crippen LogP contribution in [0.2, 0.25) is 0 Å². The molecule has 1 fully saturated rings. The molecule has 0 aromatic carbocycles. The van der Waals surface area contributed by atoms with Crippen molar-refractivity contribution in [3.63, 3.8) is 0 Å². The van der Waals surface area contributed by atoms with Crippen LogP contribution in [0.25, 0.3) is 5.65 Å². The summed E-state index contributed by atoms with van der Waals surface area (Å²) in [4.78, 5) is 29.0. The molecule has 1 atom stereocenters. The number of aliphatic hydroxyl groups is 1. The number of nitrogens with zero attached hydrogens (tertiary/aromatic N) is 3. The van der Waals surface area contributed by atoms with Gasteiger partial charge >= 0.3 is 11.6 Å². The third-order valence-electron chi connectivity index (χ3n) is 4.63. The number of cyclic esters (lactones) is 1. The van der Waals surface area contributed by atoms with Crippen molar-refractivity contribution in [3.8, 4) is 11.5 Å². The maximum absolute atomic E-state index is 10.6. The highest BCUT2D eigenvalue weighted by molar-refractivity contribution is 5.98. The molecule has 4 rings (SSSR count). The number of fused-ring (bicyclic) bond motifs is 1. The van der Waals surface area contributed by atoms with E-state index in [2.05, 4.69) is 14.7 Å². The first-order valence-corrected chi connectivity index (χ1v) is 9.91. The lowest BCUT2D eigenvalue weighted by Gasteiger charge is -2.00. The molecule has 5 N–H and O–H groups in total. The monoisotopic (exact) mass is 443 g/mol. The number of pyridine rings is 2. The van der Waals surface area contributed by atoms with Crippen LogP contribution >= 0.6 is 0 Å². The summed E-state index contributed by atoms with van der Waals surface area (Å²) in [6.45, 7) is 3.80. The van der Waals surface area contributed by atoms with Gasteiger partial charge in [-0.1, -0.05) is 0 Å². The van der Waals surface area contributed by atoms with Gasteiger partial charge in [0.15, 0.2) is 17.3 Å². The highest BCUT2D eigenvalue weighted by atomic mass is 16.5. The van der Waals surface area contributed by atoms with E-state index in [0.717, 1.165) is 11.3 Å². The number of esters is 1. The lowest BCUT2D eigenvalue weighted by Crippen LogP contribution is -2.24. The molecule has 0 bridgehead atoms. The van der Waals surface area contributed by atoms with Crippen molar-refractivity contribution in [3.05, 3.63) is 54.1 Å². The number of rotatable bonds is 3. The molecule has 10 heteroatoms. The number of aryl methyl sites for hydroxylation is 1. The first-order chi connectivity index (χ1) is 15.2. The molecule has 1 unspecified atom stereocenters. The molecule has 1 saturated heterocycles. The van der Waals surface area contributed by atoms with E-state index in [1.165, 1.54) is 19.2 Å². The third kappa shape index (κ3) is 6.61. The van der Waals surface area contributed by atoms with E-state index in [0.29, 0.717) is 25.1 Å². The average molecular weight is 443 g/mol. The van der Waals surface area contributed by atoms with Crippen LogP contribution in [0.1, 0.15) is 24.6 Å². The van der Waals surface area contributed by atoms with E-state index in [-0.39, 0.29) is 35.7 Å². The quantitative estimate of drug-likeness (QED) is 0.262. The zero-order valence-electron chi connectivity index (χ0n) is 17.9. The lowest BCUT2D eigenvalue weighted by molar-refractivity contribution is -0.515. The molecular weight excluding hydrogens is 416 g/mol. The third-order valence-corrected chi connectivity index (χ3v) is 4.63. The SMILES string of the molecule is CC(=O)C1CCOC1=O.Cc1nc2c(O)ccc[n+]2cc1CCO.Nc1ncccc1O. The Morgan fingerprint density at radius 3 is 2.50 bits per heavy atom. The van der Waals surface area contributed by atoms with Gasteiger partial charge < -0.3 is 25.8 Å². The van der Waals surface area contributed by atoms with E-state index in [1.54, 1.807) is 22.6 Å². The number of aromatic hydroxyl groups is 2. The summed E-state index contributed by atoms with van der Waals surface area (Å²) < 4.78 is 6.32. The molecule has 1 aliphatic heterocycles. The van der Waals surface area contributed by atoms with Gasteiger partial charge in [-0.2, -0.15) is 4.40 Å². The van der Waals surface area contributed by atoms with Crippen molar-refractivity contribution in [2.24, 2.45) is 5.92 Å². The number of aromatic nitrogens is 3. The topological polar surface area (TPSA) is 160 Å². The minimum absolute atomic E-state index is 0.0347. The maximum atomic E-state index is 10.6. The van der Waals surface area contributed by atoms with Crippen LogP contribution in [0.3, 0.4) is 0 Å². The van der Waals surface area contributed by atoms with E-state index in [4.69, 9.17) is 15.9 Å². The zero-order chi connectivity index (χ0) is 23.7. The summed E-state index contributed by atoms with van der Waals surface area (Å²) >= 11 is 0. The Bertz CT molecular complexity index is 1070. The van der Waals surface area contributed by atoms with Gasteiger partial charge in [0, 0.05) is 38.1 Å². The number of carbonyl (C=O) groups is 2. The molecule has 170 valence electrons. The van der Waals surface area contributed by atoms with Gasteiger partial charge in [-0.15, -0.1) is 0 Å². The number of hydrogen-bond acceptors (Lipinski definition) is 9. The minimum Gasteiger partial charge on any atom is -0.504 e. The largest absolute Gasteiger partial charge is 0.504 e. The van der Waals surface area contributed by atoms with Crippen LogP contribution in [-0.4, -0.2) is 50.3 Å². The van der Waals surface area contributed by atoms with Crippen molar-refractivity contribution in [2.45, 2.75) is 26.7 Å². The Kier molecular flexibility index (Phi) is 8.84. The summed E-state index contributed by atoms with van der Waals surface area (Å²) in [7, 11) is 0. The van der Waals surface area contributed by atoms with Crippen molar-refractivity contribution >= 4 is 23.2 Å². The van der Waals surface area contributed by atoms with E-state index in [1.807, 2.05) is 19.3 Å². The van der Waals surface area contributed by atoms with Crippen LogP contribution in [0.4, 0.5) is 5.82 Å². The molecule has 0 aliphatic carbocycles. The van der Waals surface area contributed by atoms with Gasteiger partial charge in [-0.3, -0.25) is 9.59 Å². The molecule has 0 amide bonds. The number of carbonyl (C=O) groups excluding carboxylic acids is 2. The van der Waals surface area contributed by atoms with Crippen LogP contribution in [0.15, 0.2) is 42.9 Å². The first-order valence-electron chi connectivity index (χ1n) is 9.91. The molecule has 1 aliphatic rings. The minimum atomic E-state index is -0.468. The fourth-order valence-corrected chi connectivity index (χ4v) is 2.86. The summed E-state index contributed by atoms with van der Waals surface area (Å²) in [5, 5.41) is 27.2. The number of nitrogens with two attached hydrogens (primary N) is 1. The second-order valence-corrected chi connectivity index (χ2v) is 6.98. The Balaban J connectivity index is 0.000000183. The second kappa shape index (κ2) is 11.6. The summed E-state index contributed by atoms with van der Waals surface area (Å²) in [5.74, 6) is -0.541. The maximum Gasteiger partial charge on any atom is 0.370 e. The molecule has 32 heavy (non-hydrogen) atoms. The van der Waals surface area contributed by atoms with Crippen LogP contribution in [0, 0.1) is 12.8 Å². The fraction of sp³-hybridized carbons (Fsp3) is 0.318. The first kappa shape index (κ1) is 24.5. The molecule has 10 nitrogen and oxygen atoms in total. The predicted octanol–water partition coefficient (Wildman–Crippen LogP) is 0.877. The predicted molar refractivity (Wildman–Crippen MR) is 115 cm³/mol. The number of ketones is 1. The Morgan fingerprint density at radius 1 is 1.28 bits per heavy atom. The number of aliphatic hydroxyl groups excluding tert-OH is 1. The van der Waals surface area contributed by atoms with E-state index < -0.39 is 5.92 Å². The van der Waals surface area contributed by atoms with Crippen LogP contribution in [-0.2, 0) is 20.7 Å². The normalized spacial score (nSPS) is 14.6. The second-order valence-electron chi connectivity index (χ2n) is 6.98. The van der Waals surface area contributed by atoms with Gasteiger partial charge in [-0.25, -0.2) is 4.98 Å². The number of Topliss-reactive ketones (excluding diaryl/α,β-unsaturated/α-hetero) is 1. The Morgan fingerprint density at radius 2 is 2.00 bits per heavy atom.